The van der Waals surface area contributed by atoms with Crippen molar-refractivity contribution in [3.05, 3.63) is 41.7 Å². The highest BCUT2D eigenvalue weighted by molar-refractivity contribution is 7.92. The summed E-state index contributed by atoms with van der Waals surface area (Å²) in [7, 11) is -2.30. The van der Waals surface area contributed by atoms with Crippen LogP contribution in [0.4, 0.5) is 11.6 Å². The first-order chi connectivity index (χ1) is 12.8. The number of nitrogens with one attached hydrogen (secondary N) is 2. The Morgan fingerprint density at radius 1 is 1.07 bits per heavy atom. The van der Waals surface area contributed by atoms with Gasteiger partial charge in [0.2, 0.25) is 11.9 Å². The normalized spacial score (nSPS) is 11.2. The van der Waals surface area contributed by atoms with Gasteiger partial charge in [0.25, 0.3) is 10.0 Å². The van der Waals surface area contributed by atoms with E-state index in [1.165, 1.54) is 24.3 Å². The number of anilines is 2. The number of amides is 1. The molecule has 1 aromatic carbocycles. The second-order valence-electron chi connectivity index (χ2n) is 5.70. The van der Waals surface area contributed by atoms with E-state index in [-0.39, 0.29) is 23.4 Å². The number of benzene rings is 1. The van der Waals surface area contributed by atoms with Crippen LogP contribution >= 0.6 is 0 Å². The summed E-state index contributed by atoms with van der Waals surface area (Å²) in [5.41, 5.74) is 1.77. The van der Waals surface area contributed by atoms with Crippen LogP contribution in [0.5, 0.6) is 0 Å². The van der Waals surface area contributed by atoms with E-state index in [2.05, 4.69) is 20.0 Å². The van der Waals surface area contributed by atoms with Crippen LogP contribution in [0.15, 0.2) is 35.2 Å². The third-order valence-corrected chi connectivity index (χ3v) is 4.67. The molecule has 0 saturated carbocycles. The van der Waals surface area contributed by atoms with Crippen LogP contribution in [-0.4, -0.2) is 51.2 Å². The van der Waals surface area contributed by atoms with Gasteiger partial charge in [-0.2, -0.15) is 0 Å². The lowest BCUT2D eigenvalue weighted by molar-refractivity contribution is -0.121. The van der Waals surface area contributed by atoms with Gasteiger partial charge < -0.3 is 14.8 Å². The van der Waals surface area contributed by atoms with Crippen molar-refractivity contribution in [2.45, 2.75) is 18.7 Å². The van der Waals surface area contributed by atoms with Crippen molar-refractivity contribution in [2.24, 2.45) is 0 Å². The van der Waals surface area contributed by atoms with E-state index in [0.717, 1.165) is 0 Å². The summed E-state index contributed by atoms with van der Waals surface area (Å²) in [6.45, 7) is 4.10. The Hall–Kier alpha value is -2.56. The van der Waals surface area contributed by atoms with Gasteiger partial charge in [-0.05, 0) is 44.2 Å². The van der Waals surface area contributed by atoms with E-state index in [1.807, 2.05) is 0 Å². The minimum atomic E-state index is -3.84. The van der Waals surface area contributed by atoms with E-state index >= 15 is 0 Å². The number of sulfonamides is 1. The van der Waals surface area contributed by atoms with Crippen LogP contribution in [0, 0.1) is 13.8 Å². The number of aromatic nitrogens is 2. The molecule has 0 aliphatic heterocycles. The van der Waals surface area contributed by atoms with Crippen molar-refractivity contribution >= 4 is 27.6 Å². The molecule has 2 rings (SSSR count). The van der Waals surface area contributed by atoms with Gasteiger partial charge in [0, 0.05) is 24.2 Å². The monoisotopic (exact) mass is 394 g/mol. The lowest BCUT2D eigenvalue weighted by Crippen LogP contribution is -2.20. The lowest BCUT2D eigenvalue weighted by atomic mass is 10.3. The molecule has 146 valence electrons. The molecule has 27 heavy (non-hydrogen) atoms. The predicted molar refractivity (Wildman–Crippen MR) is 100 cm³/mol. The quantitative estimate of drug-likeness (QED) is 0.618. The number of hydrogen-bond acceptors (Lipinski definition) is 7. The molecule has 0 atom stereocenters. The Bertz CT molecular complexity index is 864. The summed E-state index contributed by atoms with van der Waals surface area (Å²) < 4.78 is 37.2. The predicted octanol–water partition coefficient (Wildman–Crippen LogP) is 1.50. The number of aryl methyl sites for hydroxylation is 2. The smallest absolute Gasteiger partial charge is 0.264 e. The van der Waals surface area contributed by atoms with Crippen molar-refractivity contribution in [1.29, 1.82) is 0 Å². The molecule has 10 heteroatoms. The first kappa shape index (κ1) is 20.7. The number of carbonyl (C=O) groups excluding carboxylic acids is 1. The van der Waals surface area contributed by atoms with Crippen LogP contribution in [0.3, 0.4) is 0 Å². The van der Waals surface area contributed by atoms with E-state index in [1.54, 1.807) is 27.0 Å². The minimum absolute atomic E-state index is 0.0121. The van der Waals surface area contributed by atoms with Gasteiger partial charge in [-0.1, -0.05) is 0 Å². The maximum absolute atomic E-state index is 12.5. The molecule has 1 amide bonds. The highest BCUT2D eigenvalue weighted by atomic mass is 32.2. The zero-order chi connectivity index (χ0) is 19.9. The van der Waals surface area contributed by atoms with Crippen molar-refractivity contribution < 1.29 is 22.7 Å². The summed E-state index contributed by atoms with van der Waals surface area (Å²) in [4.78, 5) is 19.9. The average molecular weight is 394 g/mol. The average Bonchev–Trinajstić information content (AvgIpc) is 2.58. The summed E-state index contributed by atoms with van der Waals surface area (Å²) in [5, 5.41) is 2.62. The van der Waals surface area contributed by atoms with Gasteiger partial charge in [0.05, 0.1) is 18.1 Å². The third kappa shape index (κ3) is 6.59. The second-order valence-corrected chi connectivity index (χ2v) is 7.38. The number of ether oxygens (including phenoxy) is 2. The molecular weight excluding hydrogens is 372 g/mol. The molecule has 0 saturated heterocycles. The molecule has 0 spiro atoms. The highest BCUT2D eigenvalue weighted by Crippen LogP contribution is 2.17. The molecule has 0 aliphatic rings. The van der Waals surface area contributed by atoms with Crippen LogP contribution in [-0.2, 0) is 24.3 Å². The summed E-state index contributed by atoms with van der Waals surface area (Å²) in [6.07, 6.45) is 0. The number of methoxy groups -OCH3 is 1. The van der Waals surface area contributed by atoms with Gasteiger partial charge in [-0.15, -0.1) is 0 Å². The van der Waals surface area contributed by atoms with Crippen LogP contribution in [0.2, 0.25) is 0 Å². The molecule has 0 unspecified atom stereocenters. The first-order valence-corrected chi connectivity index (χ1v) is 9.60. The fraction of sp³-hybridized carbons (Fsp3) is 0.353. The van der Waals surface area contributed by atoms with Crippen LogP contribution in [0.25, 0.3) is 0 Å². The molecule has 0 fully saturated rings. The topological polar surface area (TPSA) is 120 Å². The van der Waals surface area contributed by atoms with Gasteiger partial charge in [-0.25, -0.2) is 23.1 Å². The molecule has 0 bridgehead atoms. The van der Waals surface area contributed by atoms with Gasteiger partial charge in [0.15, 0.2) is 0 Å². The van der Waals surface area contributed by atoms with E-state index in [4.69, 9.17) is 9.47 Å². The van der Waals surface area contributed by atoms with Crippen molar-refractivity contribution in [3.8, 4) is 0 Å². The number of hydrogen-bond donors (Lipinski definition) is 2. The lowest BCUT2D eigenvalue weighted by Gasteiger charge is -2.09. The first-order valence-electron chi connectivity index (χ1n) is 8.12. The van der Waals surface area contributed by atoms with E-state index in [9.17, 15) is 13.2 Å². The zero-order valence-corrected chi connectivity index (χ0v) is 16.2. The van der Waals surface area contributed by atoms with Gasteiger partial charge in [0.1, 0.15) is 6.61 Å². The molecule has 0 radical (unpaired) electrons. The number of nitrogens with zero attached hydrogens (tertiary/aromatic N) is 2. The Morgan fingerprint density at radius 3 is 2.30 bits per heavy atom. The van der Waals surface area contributed by atoms with E-state index < -0.39 is 10.0 Å². The fourth-order valence-corrected chi connectivity index (χ4v) is 3.12. The molecule has 2 aromatic rings. The summed E-state index contributed by atoms with van der Waals surface area (Å²) >= 11 is 0. The molecule has 1 heterocycles. The van der Waals surface area contributed by atoms with Gasteiger partial charge >= 0.3 is 0 Å². The maximum atomic E-state index is 12.5. The minimum Gasteiger partial charge on any atom is -0.382 e. The number of rotatable bonds is 9. The Kier molecular flexibility index (Phi) is 7.22. The Morgan fingerprint density at radius 2 is 1.70 bits per heavy atom. The van der Waals surface area contributed by atoms with Crippen LogP contribution in [0.1, 0.15) is 11.4 Å². The summed E-state index contributed by atoms with van der Waals surface area (Å²) in [6, 6.07) is 7.49. The highest BCUT2D eigenvalue weighted by Gasteiger charge is 2.16. The zero-order valence-electron chi connectivity index (χ0n) is 15.4. The second kappa shape index (κ2) is 9.40. The maximum Gasteiger partial charge on any atom is 0.264 e. The van der Waals surface area contributed by atoms with Crippen molar-refractivity contribution in [2.75, 3.05) is 37.0 Å². The molecular formula is C17H22N4O5S. The van der Waals surface area contributed by atoms with Crippen molar-refractivity contribution in [1.82, 2.24) is 9.97 Å². The Labute approximate surface area is 158 Å². The van der Waals surface area contributed by atoms with Crippen molar-refractivity contribution in [3.63, 3.8) is 0 Å². The Balaban J connectivity index is 1.99. The third-order valence-electron chi connectivity index (χ3n) is 3.32. The van der Waals surface area contributed by atoms with E-state index in [0.29, 0.717) is 30.3 Å². The number of carbonyl (C=O) groups is 1. The van der Waals surface area contributed by atoms with Gasteiger partial charge in [-0.3, -0.25) is 4.79 Å². The van der Waals surface area contributed by atoms with Crippen LogP contribution < -0.4 is 10.0 Å². The SMILES string of the molecule is COCCOCC(=O)Nc1ccc(S(=O)(=O)Nc2nc(C)cc(C)n2)cc1. The standard InChI is InChI=1S/C17H22N4O5S/c1-12-10-13(2)19-17(18-12)21-27(23,24)15-6-4-14(5-7-15)20-16(22)11-26-9-8-25-3/h4-7,10H,8-9,11H2,1-3H3,(H,20,22)(H,18,19,21). The molecule has 9 nitrogen and oxygen atoms in total. The molecule has 0 aliphatic carbocycles. The summed E-state index contributed by atoms with van der Waals surface area (Å²) in [5.74, 6) is -0.332. The molecule has 2 N–H and O–H groups in total. The fourth-order valence-electron chi connectivity index (χ4n) is 2.17. The largest absolute Gasteiger partial charge is 0.382 e. The molecule has 1 aromatic heterocycles.